The molecule has 4 heteroatoms. The van der Waals surface area contributed by atoms with E-state index in [-0.39, 0.29) is 0 Å². The van der Waals surface area contributed by atoms with E-state index in [9.17, 15) is 0 Å². The van der Waals surface area contributed by atoms with E-state index < -0.39 is 0 Å². The molecule has 1 heterocycles. The van der Waals surface area contributed by atoms with E-state index in [0.717, 1.165) is 5.75 Å². The van der Waals surface area contributed by atoms with Gasteiger partial charge in [-0.1, -0.05) is 6.92 Å². The molecule has 0 aromatic heterocycles. The molecule has 1 aliphatic heterocycles. The number of thioether (sulfide) groups is 1. The number of piperazine rings is 1. The lowest BCUT2D eigenvalue weighted by atomic mass is 10.2. The van der Waals surface area contributed by atoms with Crippen LogP contribution in [0.3, 0.4) is 0 Å². The zero-order chi connectivity index (χ0) is 11.1. The SMILES string of the molecule is CC(CO)CSCCN1CCN(C)CC1. The van der Waals surface area contributed by atoms with Gasteiger partial charge in [-0.3, -0.25) is 4.90 Å². The van der Waals surface area contributed by atoms with Crippen LogP contribution in [-0.2, 0) is 0 Å². The highest BCUT2D eigenvalue weighted by atomic mass is 32.2. The monoisotopic (exact) mass is 232 g/mol. The molecule has 1 N–H and O–H groups in total. The Morgan fingerprint density at radius 3 is 2.53 bits per heavy atom. The maximum absolute atomic E-state index is 8.88. The third kappa shape index (κ3) is 5.76. The summed E-state index contributed by atoms with van der Waals surface area (Å²) in [5.41, 5.74) is 0. The fourth-order valence-electron chi connectivity index (χ4n) is 1.60. The predicted molar refractivity (Wildman–Crippen MR) is 67.5 cm³/mol. The zero-order valence-corrected chi connectivity index (χ0v) is 10.8. The lowest BCUT2D eigenvalue weighted by molar-refractivity contribution is 0.161. The predicted octanol–water partition coefficient (Wildman–Crippen LogP) is 0.595. The number of hydrogen-bond acceptors (Lipinski definition) is 4. The fourth-order valence-corrected chi connectivity index (χ4v) is 2.66. The van der Waals surface area contributed by atoms with Crippen molar-refractivity contribution in [2.24, 2.45) is 5.92 Å². The molecular weight excluding hydrogens is 208 g/mol. The Hall–Kier alpha value is 0.230. The van der Waals surface area contributed by atoms with Crippen molar-refractivity contribution in [3.8, 4) is 0 Å². The van der Waals surface area contributed by atoms with Gasteiger partial charge < -0.3 is 10.0 Å². The molecule has 0 bridgehead atoms. The van der Waals surface area contributed by atoms with Gasteiger partial charge in [-0.2, -0.15) is 11.8 Å². The molecule has 90 valence electrons. The summed E-state index contributed by atoms with van der Waals surface area (Å²) in [6.45, 7) is 8.47. The van der Waals surface area contributed by atoms with E-state index in [4.69, 9.17) is 5.11 Å². The van der Waals surface area contributed by atoms with Gasteiger partial charge in [0.15, 0.2) is 0 Å². The standard InChI is InChI=1S/C11H24N2OS/c1-11(9-14)10-15-8-7-13-5-3-12(2)4-6-13/h11,14H,3-10H2,1-2H3. The molecule has 0 radical (unpaired) electrons. The highest BCUT2D eigenvalue weighted by molar-refractivity contribution is 7.99. The van der Waals surface area contributed by atoms with Crippen LogP contribution in [0.1, 0.15) is 6.92 Å². The van der Waals surface area contributed by atoms with E-state index in [1.54, 1.807) is 0 Å². The molecule has 0 spiro atoms. The first-order valence-electron chi connectivity index (χ1n) is 5.82. The van der Waals surface area contributed by atoms with Gasteiger partial charge in [0.1, 0.15) is 0 Å². The molecule has 15 heavy (non-hydrogen) atoms. The van der Waals surface area contributed by atoms with Crippen LogP contribution in [-0.4, -0.2) is 72.8 Å². The molecule has 0 saturated carbocycles. The zero-order valence-electron chi connectivity index (χ0n) is 9.98. The molecule has 1 rings (SSSR count). The van der Waals surface area contributed by atoms with E-state index in [0.29, 0.717) is 12.5 Å². The number of nitrogens with zero attached hydrogens (tertiary/aromatic N) is 2. The van der Waals surface area contributed by atoms with Crippen LogP contribution in [0.25, 0.3) is 0 Å². The molecular formula is C11H24N2OS. The van der Waals surface area contributed by atoms with Crippen LogP contribution in [0.5, 0.6) is 0 Å². The molecule has 1 aliphatic rings. The summed E-state index contributed by atoms with van der Waals surface area (Å²) in [6, 6.07) is 0. The van der Waals surface area contributed by atoms with Gasteiger partial charge in [0.05, 0.1) is 0 Å². The van der Waals surface area contributed by atoms with Crippen LogP contribution in [0.4, 0.5) is 0 Å². The summed E-state index contributed by atoms with van der Waals surface area (Å²) in [5.74, 6) is 2.74. The molecule has 1 saturated heterocycles. The minimum Gasteiger partial charge on any atom is -0.396 e. The third-order valence-corrected chi connectivity index (χ3v) is 4.14. The molecule has 0 aromatic rings. The normalized spacial score (nSPS) is 21.8. The van der Waals surface area contributed by atoms with Gasteiger partial charge in [-0.25, -0.2) is 0 Å². The fraction of sp³-hybridized carbons (Fsp3) is 1.00. The second-order valence-electron chi connectivity index (χ2n) is 4.51. The highest BCUT2D eigenvalue weighted by Crippen LogP contribution is 2.08. The molecule has 0 aromatic carbocycles. The van der Waals surface area contributed by atoms with Crippen LogP contribution in [0.15, 0.2) is 0 Å². The van der Waals surface area contributed by atoms with Crippen molar-refractivity contribution in [3.05, 3.63) is 0 Å². The average molecular weight is 232 g/mol. The Morgan fingerprint density at radius 2 is 1.93 bits per heavy atom. The van der Waals surface area contributed by atoms with Crippen LogP contribution in [0, 0.1) is 5.92 Å². The Balaban J connectivity index is 1.96. The van der Waals surface area contributed by atoms with Gasteiger partial charge in [-0.05, 0) is 18.7 Å². The van der Waals surface area contributed by atoms with Crippen LogP contribution >= 0.6 is 11.8 Å². The largest absolute Gasteiger partial charge is 0.396 e. The highest BCUT2D eigenvalue weighted by Gasteiger charge is 2.12. The summed E-state index contributed by atoms with van der Waals surface area (Å²) in [7, 11) is 2.19. The average Bonchev–Trinajstić information content (AvgIpc) is 2.26. The number of aliphatic hydroxyl groups excluding tert-OH is 1. The Labute approximate surface area is 97.8 Å². The summed E-state index contributed by atoms with van der Waals surface area (Å²) in [5, 5.41) is 8.88. The topological polar surface area (TPSA) is 26.7 Å². The Kier molecular flexibility index (Phi) is 6.64. The second kappa shape index (κ2) is 7.49. The van der Waals surface area contributed by atoms with Crippen molar-refractivity contribution in [1.82, 2.24) is 9.80 Å². The minimum absolute atomic E-state index is 0.321. The van der Waals surface area contributed by atoms with Crippen LogP contribution in [0.2, 0.25) is 0 Å². The Morgan fingerprint density at radius 1 is 1.27 bits per heavy atom. The second-order valence-corrected chi connectivity index (χ2v) is 5.66. The van der Waals surface area contributed by atoms with E-state index in [1.807, 2.05) is 11.8 Å². The van der Waals surface area contributed by atoms with Gasteiger partial charge in [0.2, 0.25) is 0 Å². The lowest BCUT2D eigenvalue weighted by Gasteiger charge is -2.32. The molecule has 1 atom stereocenters. The first-order chi connectivity index (χ1) is 7.22. The molecule has 0 aliphatic carbocycles. The van der Waals surface area contributed by atoms with Crippen molar-refractivity contribution >= 4 is 11.8 Å². The summed E-state index contributed by atoms with van der Waals surface area (Å²) in [4.78, 5) is 4.92. The minimum atomic E-state index is 0.321. The Bertz CT molecular complexity index is 161. The van der Waals surface area contributed by atoms with Gasteiger partial charge in [0, 0.05) is 45.1 Å². The molecule has 1 fully saturated rings. The molecule has 3 nitrogen and oxygen atoms in total. The summed E-state index contributed by atoms with van der Waals surface area (Å²) >= 11 is 1.97. The van der Waals surface area contributed by atoms with E-state index >= 15 is 0 Å². The van der Waals surface area contributed by atoms with Crippen molar-refractivity contribution < 1.29 is 5.11 Å². The van der Waals surface area contributed by atoms with Gasteiger partial charge in [-0.15, -0.1) is 0 Å². The van der Waals surface area contributed by atoms with Crippen LogP contribution < -0.4 is 0 Å². The maximum atomic E-state index is 8.88. The smallest absolute Gasteiger partial charge is 0.0464 e. The van der Waals surface area contributed by atoms with Crippen molar-refractivity contribution in [3.63, 3.8) is 0 Å². The molecule has 1 unspecified atom stereocenters. The maximum Gasteiger partial charge on any atom is 0.0464 e. The number of rotatable bonds is 6. The molecule has 0 amide bonds. The van der Waals surface area contributed by atoms with E-state index in [2.05, 4.69) is 23.8 Å². The first-order valence-corrected chi connectivity index (χ1v) is 6.97. The lowest BCUT2D eigenvalue weighted by Crippen LogP contribution is -2.45. The first kappa shape index (κ1) is 13.3. The number of likely N-dealkylation sites (N-methyl/N-ethyl adjacent to an activating group) is 1. The number of hydrogen-bond donors (Lipinski definition) is 1. The van der Waals surface area contributed by atoms with Crippen molar-refractivity contribution in [1.29, 1.82) is 0 Å². The van der Waals surface area contributed by atoms with Crippen molar-refractivity contribution in [2.75, 3.05) is 57.9 Å². The quantitative estimate of drug-likeness (QED) is 0.678. The summed E-state index contributed by atoms with van der Waals surface area (Å²) < 4.78 is 0. The number of aliphatic hydroxyl groups is 1. The van der Waals surface area contributed by atoms with E-state index in [1.165, 1.54) is 38.5 Å². The van der Waals surface area contributed by atoms with Gasteiger partial charge >= 0.3 is 0 Å². The van der Waals surface area contributed by atoms with Crippen molar-refractivity contribution in [2.45, 2.75) is 6.92 Å². The summed E-state index contributed by atoms with van der Waals surface area (Å²) in [6.07, 6.45) is 0. The third-order valence-electron chi connectivity index (χ3n) is 2.86. The van der Waals surface area contributed by atoms with Gasteiger partial charge in [0.25, 0.3) is 0 Å².